The highest BCUT2D eigenvalue weighted by molar-refractivity contribution is 7.22. The Morgan fingerprint density at radius 2 is 1.70 bits per heavy atom. The van der Waals surface area contributed by atoms with Gasteiger partial charge in [-0.25, -0.2) is 29.1 Å². The first-order valence-corrected chi connectivity index (χ1v) is 21.4. The van der Waals surface area contributed by atoms with Gasteiger partial charge in [0.2, 0.25) is 12.0 Å². The summed E-state index contributed by atoms with van der Waals surface area (Å²) in [5.41, 5.74) is 4.03. The highest BCUT2D eigenvalue weighted by Gasteiger charge is 2.30. The molecule has 0 radical (unpaired) electrons. The molecule has 10 rings (SSSR count). The standard InChI is InChI=1S/C46H40ClFN6O8S/c47-40-36-14-12-34(41(40)56)38-39-44(50-25-51-45(39)63-42(38)27-3-7-30(48)8-4-27)62-37(46(57)58)22-29-21-26(1-11-33(61-36)23-53-17-19-54(59)20-18-53)2-13-35(29)60-24-31-15-16-49-43(52-31)28-5-9-32(55)10-6-28/h2-10,12-16,21,25,33,37,55-56,59H,1,11,17-20,22-24H2,(H,57,58)/t33-,37+/m0/s1. The second kappa shape index (κ2) is 18.1. The molecule has 0 saturated carbocycles. The maximum absolute atomic E-state index is 14.2. The van der Waals surface area contributed by atoms with E-state index in [1.54, 1.807) is 66.9 Å². The number of aromatic hydroxyl groups is 2. The lowest BCUT2D eigenvalue weighted by molar-refractivity contribution is -0.145. The van der Waals surface area contributed by atoms with Gasteiger partial charge in [0.25, 0.3) is 0 Å². The van der Waals surface area contributed by atoms with E-state index < -0.39 is 24.0 Å². The molecule has 1 saturated heterocycles. The van der Waals surface area contributed by atoms with Crippen LogP contribution in [0.2, 0.25) is 5.02 Å². The zero-order chi connectivity index (χ0) is 43.6. The Hall–Kier alpha value is -6.43. The molecule has 3 aromatic heterocycles. The van der Waals surface area contributed by atoms with E-state index in [4.69, 9.17) is 25.8 Å². The Bertz CT molecular complexity index is 2790. The molecule has 4 aromatic carbocycles. The van der Waals surface area contributed by atoms with Gasteiger partial charge in [-0.3, -0.25) is 4.90 Å². The largest absolute Gasteiger partial charge is 0.508 e. The number of aromatic nitrogens is 4. The van der Waals surface area contributed by atoms with Crippen LogP contribution in [0.25, 0.3) is 43.2 Å². The van der Waals surface area contributed by atoms with Crippen LogP contribution < -0.4 is 14.2 Å². The lowest BCUT2D eigenvalue weighted by Gasteiger charge is -2.34. The summed E-state index contributed by atoms with van der Waals surface area (Å²) in [5, 5.41) is 44.1. The minimum absolute atomic E-state index is 0.0307. The van der Waals surface area contributed by atoms with Crippen LogP contribution in [0.3, 0.4) is 0 Å². The highest BCUT2D eigenvalue weighted by atomic mass is 35.5. The summed E-state index contributed by atoms with van der Waals surface area (Å²) in [6.07, 6.45) is 1.91. The zero-order valence-corrected chi connectivity index (χ0v) is 35.1. The molecule has 0 unspecified atom stereocenters. The number of hydrogen-bond acceptors (Lipinski definition) is 14. The summed E-state index contributed by atoms with van der Waals surface area (Å²) in [6, 6.07) is 23.1. The van der Waals surface area contributed by atoms with Gasteiger partial charge >= 0.3 is 5.97 Å². The van der Waals surface area contributed by atoms with E-state index in [-0.39, 0.29) is 46.7 Å². The van der Waals surface area contributed by atoms with Crippen LogP contribution in [-0.4, -0.2) is 101 Å². The predicted molar refractivity (Wildman–Crippen MR) is 233 cm³/mol. The highest BCUT2D eigenvalue weighted by Crippen LogP contribution is 2.52. The van der Waals surface area contributed by atoms with Crippen LogP contribution in [0.4, 0.5) is 4.39 Å². The molecular formula is C46H40ClFN6O8S. The number of hydrogen-bond donors (Lipinski definition) is 4. The Morgan fingerprint density at radius 1 is 0.921 bits per heavy atom. The number of thiophene rings is 1. The van der Waals surface area contributed by atoms with Crippen molar-refractivity contribution in [2.75, 3.05) is 32.7 Å². The fourth-order valence-electron chi connectivity index (χ4n) is 7.78. The van der Waals surface area contributed by atoms with Gasteiger partial charge in [-0.15, -0.1) is 11.3 Å². The molecule has 2 atom stereocenters. The Morgan fingerprint density at radius 3 is 2.48 bits per heavy atom. The molecule has 7 aromatic rings. The van der Waals surface area contributed by atoms with Crippen molar-refractivity contribution in [2.45, 2.75) is 38.1 Å². The number of rotatable bonds is 8. The number of carbonyl (C=O) groups is 1. The van der Waals surface area contributed by atoms with Gasteiger partial charge in [-0.1, -0.05) is 35.9 Å². The summed E-state index contributed by atoms with van der Waals surface area (Å²) in [6.45, 7) is 2.73. The number of benzene rings is 4. The molecule has 0 spiro atoms. The summed E-state index contributed by atoms with van der Waals surface area (Å²) in [7, 11) is 0. The predicted octanol–water partition coefficient (Wildman–Crippen LogP) is 8.04. The number of hydroxylamine groups is 2. The number of nitrogens with zero attached hydrogens (tertiary/aromatic N) is 6. The van der Waals surface area contributed by atoms with E-state index in [0.29, 0.717) is 100 Å². The van der Waals surface area contributed by atoms with Crippen LogP contribution in [0.1, 0.15) is 23.2 Å². The lowest BCUT2D eigenvalue weighted by atomic mass is 9.98. The monoisotopic (exact) mass is 890 g/mol. The Kier molecular flexibility index (Phi) is 12.0. The number of aryl methyl sites for hydroxylation is 1. The molecule has 322 valence electrons. The Balaban J connectivity index is 1.13. The van der Waals surface area contributed by atoms with Crippen LogP contribution in [-0.2, 0) is 24.2 Å². The number of fused-ring (bicyclic) bond motifs is 7. The molecular weight excluding hydrogens is 851 g/mol. The SMILES string of the molecule is O=C(O)[C@H]1Cc2cc(ccc2OCc2ccnc(-c3ccc(O)cc3)n2)CC[C@@H](CN2CCN(O)CC2)Oc2ccc(c(O)c2Cl)-c2c(-c3ccc(F)cc3)sc3ncnc(c23)O1. The van der Waals surface area contributed by atoms with E-state index in [1.165, 1.54) is 34.9 Å². The van der Waals surface area contributed by atoms with E-state index in [1.807, 2.05) is 12.1 Å². The summed E-state index contributed by atoms with van der Waals surface area (Å²) in [4.78, 5) is 34.4. The van der Waals surface area contributed by atoms with Crippen LogP contribution in [0.15, 0.2) is 97.5 Å². The van der Waals surface area contributed by atoms with Gasteiger partial charge in [0, 0.05) is 66.9 Å². The van der Waals surface area contributed by atoms with Crippen LogP contribution in [0.5, 0.6) is 28.9 Å². The normalized spacial score (nSPS) is 17.2. The summed E-state index contributed by atoms with van der Waals surface area (Å²) in [5.74, 6) is -0.773. The molecule has 4 bridgehead atoms. The molecule has 63 heavy (non-hydrogen) atoms. The van der Waals surface area contributed by atoms with Crippen molar-refractivity contribution in [3.8, 4) is 61.8 Å². The molecule has 3 aliphatic heterocycles. The van der Waals surface area contributed by atoms with Gasteiger partial charge in [-0.2, -0.15) is 5.06 Å². The smallest absolute Gasteiger partial charge is 0.345 e. The third-order valence-corrected chi connectivity index (χ3v) is 12.6. The first kappa shape index (κ1) is 41.9. The first-order valence-electron chi connectivity index (χ1n) is 20.2. The minimum atomic E-state index is -1.47. The molecule has 17 heteroatoms. The molecule has 6 heterocycles. The van der Waals surface area contributed by atoms with Crippen molar-refractivity contribution in [2.24, 2.45) is 0 Å². The second-order valence-electron chi connectivity index (χ2n) is 15.3. The Labute approximate surface area is 369 Å². The number of phenols is 2. The van der Waals surface area contributed by atoms with Gasteiger partial charge in [0.15, 0.2) is 5.82 Å². The number of phenolic OH excluding ortho intramolecular Hbond substituents is 2. The van der Waals surface area contributed by atoms with Crippen molar-refractivity contribution in [1.82, 2.24) is 29.9 Å². The maximum Gasteiger partial charge on any atom is 0.345 e. The van der Waals surface area contributed by atoms with Crippen molar-refractivity contribution in [1.29, 1.82) is 0 Å². The van der Waals surface area contributed by atoms with Crippen molar-refractivity contribution in [3.05, 3.63) is 125 Å². The van der Waals surface area contributed by atoms with Crippen molar-refractivity contribution >= 4 is 39.1 Å². The van der Waals surface area contributed by atoms with E-state index in [2.05, 4.69) is 24.8 Å². The number of carboxylic acid groups (broad SMARTS) is 1. The van der Waals surface area contributed by atoms with E-state index in [0.717, 1.165) is 5.56 Å². The maximum atomic E-state index is 14.2. The molecule has 4 N–H and O–H groups in total. The third-order valence-electron chi connectivity index (χ3n) is 11.0. The number of piperazine rings is 1. The quantitative estimate of drug-likeness (QED) is 0.115. The van der Waals surface area contributed by atoms with Crippen LogP contribution in [0, 0.1) is 5.82 Å². The number of halogens is 2. The molecule has 1 fully saturated rings. The third kappa shape index (κ3) is 9.21. The average Bonchev–Trinajstić information content (AvgIpc) is 3.68. The van der Waals surface area contributed by atoms with Crippen molar-refractivity contribution in [3.63, 3.8) is 0 Å². The summed E-state index contributed by atoms with van der Waals surface area (Å²) >= 11 is 8.22. The number of carboxylic acids is 1. The molecule has 3 aliphatic rings. The first-order chi connectivity index (χ1) is 30.6. The van der Waals surface area contributed by atoms with Gasteiger partial charge in [0.05, 0.1) is 11.1 Å². The lowest BCUT2D eigenvalue weighted by Crippen LogP contribution is -2.48. The molecule has 0 amide bonds. The number of ether oxygens (including phenoxy) is 3. The second-order valence-corrected chi connectivity index (χ2v) is 16.7. The van der Waals surface area contributed by atoms with Gasteiger partial charge in [0.1, 0.15) is 57.7 Å². The average molecular weight is 891 g/mol. The molecule has 0 aliphatic carbocycles. The fraction of sp³-hybridized carbons (Fsp3) is 0.239. The number of aliphatic carboxylic acids is 1. The minimum Gasteiger partial charge on any atom is -0.508 e. The molecule has 14 nitrogen and oxygen atoms in total. The fourth-order valence-corrected chi connectivity index (χ4v) is 9.14. The van der Waals surface area contributed by atoms with Gasteiger partial charge < -0.3 is 34.7 Å². The topological polar surface area (TPSA) is 184 Å². The van der Waals surface area contributed by atoms with Crippen LogP contribution >= 0.6 is 22.9 Å². The summed E-state index contributed by atoms with van der Waals surface area (Å²) < 4.78 is 33.6. The van der Waals surface area contributed by atoms with E-state index in [9.17, 15) is 29.7 Å². The van der Waals surface area contributed by atoms with Gasteiger partial charge in [-0.05, 0) is 90.2 Å². The zero-order valence-electron chi connectivity index (χ0n) is 33.5. The van der Waals surface area contributed by atoms with E-state index >= 15 is 0 Å². The van der Waals surface area contributed by atoms with Crippen molar-refractivity contribution < 1.29 is 43.9 Å².